The van der Waals surface area contributed by atoms with E-state index < -0.39 is 11.7 Å². The molecule has 0 radical (unpaired) electrons. The highest BCUT2D eigenvalue weighted by Gasteiger charge is 2.30. The molecule has 1 heterocycles. The minimum atomic E-state index is -4.39. The number of aliphatic hydroxyl groups is 1. The molecule has 0 fully saturated rings. The predicted octanol–water partition coefficient (Wildman–Crippen LogP) is 3.26. The number of aliphatic hydroxyl groups excluding tert-OH is 1. The van der Waals surface area contributed by atoms with Crippen molar-refractivity contribution >= 4 is 0 Å². The summed E-state index contributed by atoms with van der Waals surface area (Å²) < 4.78 is 37.2. The van der Waals surface area contributed by atoms with Crippen molar-refractivity contribution in [2.45, 2.75) is 12.8 Å². The van der Waals surface area contributed by atoms with E-state index >= 15 is 0 Å². The number of halogens is 3. The summed E-state index contributed by atoms with van der Waals surface area (Å²) in [5, 5.41) is 9.16. The van der Waals surface area contributed by atoms with Gasteiger partial charge in [0, 0.05) is 11.8 Å². The molecular formula is C13H10F3NO. The largest absolute Gasteiger partial charge is 0.417 e. The molecular weight excluding hydrogens is 243 g/mol. The predicted molar refractivity (Wildman–Crippen MR) is 60.6 cm³/mol. The standard InChI is InChI=1S/C13H10F3NO/c14-13(15,16)10-5-6-12(17-7-10)11-4-2-1-3-9(11)8-18/h1-7,18H,8H2. The Bertz CT molecular complexity index is 535. The van der Waals surface area contributed by atoms with Crippen LogP contribution in [0.2, 0.25) is 0 Å². The van der Waals surface area contributed by atoms with Crippen molar-refractivity contribution in [3.63, 3.8) is 0 Å². The van der Waals surface area contributed by atoms with Crippen LogP contribution in [0.15, 0.2) is 42.6 Å². The highest BCUT2D eigenvalue weighted by atomic mass is 19.4. The van der Waals surface area contributed by atoms with Crippen LogP contribution in [-0.2, 0) is 12.8 Å². The summed E-state index contributed by atoms with van der Waals surface area (Å²) in [4.78, 5) is 3.79. The van der Waals surface area contributed by atoms with Gasteiger partial charge < -0.3 is 5.11 Å². The first-order valence-corrected chi connectivity index (χ1v) is 5.25. The molecule has 0 saturated heterocycles. The minimum Gasteiger partial charge on any atom is -0.392 e. The highest BCUT2D eigenvalue weighted by molar-refractivity contribution is 5.63. The number of hydrogen-bond donors (Lipinski definition) is 1. The third-order valence-corrected chi connectivity index (χ3v) is 2.55. The summed E-state index contributed by atoms with van der Waals surface area (Å²) in [6.07, 6.45) is -3.59. The molecule has 18 heavy (non-hydrogen) atoms. The molecule has 0 aliphatic heterocycles. The number of alkyl halides is 3. The van der Waals surface area contributed by atoms with Crippen LogP contribution in [0.4, 0.5) is 13.2 Å². The average molecular weight is 253 g/mol. The van der Waals surface area contributed by atoms with Crippen molar-refractivity contribution in [2.75, 3.05) is 0 Å². The zero-order chi connectivity index (χ0) is 13.2. The molecule has 5 heteroatoms. The van der Waals surface area contributed by atoms with Crippen molar-refractivity contribution in [1.82, 2.24) is 4.98 Å². The zero-order valence-corrected chi connectivity index (χ0v) is 9.28. The van der Waals surface area contributed by atoms with E-state index in [0.29, 0.717) is 16.8 Å². The number of nitrogens with zero attached hydrogens (tertiary/aromatic N) is 1. The Labute approximate surface area is 102 Å². The van der Waals surface area contributed by atoms with Gasteiger partial charge in [-0.15, -0.1) is 0 Å². The molecule has 94 valence electrons. The Balaban J connectivity index is 2.41. The van der Waals surface area contributed by atoms with Crippen LogP contribution in [0.5, 0.6) is 0 Å². The van der Waals surface area contributed by atoms with E-state index in [9.17, 15) is 13.2 Å². The normalized spacial score (nSPS) is 11.6. The van der Waals surface area contributed by atoms with Gasteiger partial charge in [0.2, 0.25) is 0 Å². The third-order valence-electron chi connectivity index (χ3n) is 2.55. The number of pyridine rings is 1. The maximum atomic E-state index is 12.4. The number of hydrogen-bond acceptors (Lipinski definition) is 2. The van der Waals surface area contributed by atoms with Gasteiger partial charge in [-0.05, 0) is 17.7 Å². The lowest BCUT2D eigenvalue weighted by Gasteiger charge is -2.09. The van der Waals surface area contributed by atoms with Crippen molar-refractivity contribution in [3.8, 4) is 11.3 Å². The molecule has 1 aromatic heterocycles. The minimum absolute atomic E-state index is 0.182. The van der Waals surface area contributed by atoms with Gasteiger partial charge in [0.25, 0.3) is 0 Å². The first kappa shape index (κ1) is 12.6. The molecule has 0 saturated carbocycles. The Morgan fingerprint density at radius 2 is 1.78 bits per heavy atom. The number of aromatic nitrogens is 1. The molecule has 0 bridgehead atoms. The molecule has 0 unspecified atom stereocenters. The number of benzene rings is 1. The molecule has 1 aromatic carbocycles. The van der Waals surface area contributed by atoms with Gasteiger partial charge in [-0.1, -0.05) is 24.3 Å². The zero-order valence-electron chi connectivity index (χ0n) is 9.28. The summed E-state index contributed by atoms with van der Waals surface area (Å²) in [5.41, 5.74) is 0.888. The van der Waals surface area contributed by atoms with Gasteiger partial charge in [-0.25, -0.2) is 0 Å². The lowest BCUT2D eigenvalue weighted by Crippen LogP contribution is -2.05. The first-order valence-electron chi connectivity index (χ1n) is 5.25. The van der Waals surface area contributed by atoms with Crippen LogP contribution in [0, 0.1) is 0 Å². The van der Waals surface area contributed by atoms with Crippen molar-refractivity contribution in [2.24, 2.45) is 0 Å². The van der Waals surface area contributed by atoms with Crippen LogP contribution >= 0.6 is 0 Å². The molecule has 2 nitrogen and oxygen atoms in total. The Morgan fingerprint density at radius 3 is 2.33 bits per heavy atom. The SMILES string of the molecule is OCc1ccccc1-c1ccc(C(F)(F)F)cn1. The molecule has 2 rings (SSSR count). The Hall–Kier alpha value is -1.88. The lowest BCUT2D eigenvalue weighted by molar-refractivity contribution is -0.137. The number of rotatable bonds is 2. The Morgan fingerprint density at radius 1 is 1.06 bits per heavy atom. The molecule has 2 aromatic rings. The summed E-state index contributed by atoms with van der Waals surface area (Å²) in [5.74, 6) is 0. The fraction of sp³-hybridized carbons (Fsp3) is 0.154. The fourth-order valence-electron chi connectivity index (χ4n) is 1.63. The quantitative estimate of drug-likeness (QED) is 0.891. The van der Waals surface area contributed by atoms with Gasteiger partial charge in [0.15, 0.2) is 0 Å². The van der Waals surface area contributed by atoms with E-state index in [1.165, 1.54) is 6.07 Å². The summed E-state index contributed by atoms with van der Waals surface area (Å²) in [6.45, 7) is -0.182. The van der Waals surface area contributed by atoms with Gasteiger partial charge in [0.1, 0.15) is 0 Å². The molecule has 0 aliphatic carbocycles. The van der Waals surface area contributed by atoms with E-state index in [1.54, 1.807) is 24.3 Å². The van der Waals surface area contributed by atoms with Gasteiger partial charge in [0.05, 0.1) is 17.9 Å². The summed E-state index contributed by atoms with van der Waals surface area (Å²) in [7, 11) is 0. The summed E-state index contributed by atoms with van der Waals surface area (Å²) in [6, 6.07) is 9.19. The van der Waals surface area contributed by atoms with Crippen LogP contribution in [-0.4, -0.2) is 10.1 Å². The Kier molecular flexibility index (Phi) is 3.34. The van der Waals surface area contributed by atoms with Gasteiger partial charge in [-0.3, -0.25) is 4.98 Å². The maximum Gasteiger partial charge on any atom is 0.417 e. The molecule has 0 atom stereocenters. The first-order chi connectivity index (χ1) is 8.52. The fourth-order valence-corrected chi connectivity index (χ4v) is 1.63. The second-order valence-corrected chi connectivity index (χ2v) is 3.75. The third kappa shape index (κ3) is 2.51. The molecule has 0 aliphatic rings. The van der Waals surface area contributed by atoms with E-state index in [-0.39, 0.29) is 6.61 Å². The lowest BCUT2D eigenvalue weighted by atomic mass is 10.0. The van der Waals surface area contributed by atoms with Crippen LogP contribution < -0.4 is 0 Å². The van der Waals surface area contributed by atoms with E-state index in [4.69, 9.17) is 5.11 Å². The van der Waals surface area contributed by atoms with Crippen molar-refractivity contribution in [3.05, 3.63) is 53.7 Å². The van der Waals surface area contributed by atoms with Crippen LogP contribution in [0.1, 0.15) is 11.1 Å². The van der Waals surface area contributed by atoms with Crippen molar-refractivity contribution < 1.29 is 18.3 Å². The monoisotopic (exact) mass is 253 g/mol. The van der Waals surface area contributed by atoms with E-state index in [1.807, 2.05) is 0 Å². The van der Waals surface area contributed by atoms with E-state index in [2.05, 4.69) is 4.98 Å². The van der Waals surface area contributed by atoms with E-state index in [0.717, 1.165) is 12.3 Å². The maximum absolute atomic E-state index is 12.4. The van der Waals surface area contributed by atoms with Gasteiger partial charge in [-0.2, -0.15) is 13.2 Å². The average Bonchev–Trinajstić information content (AvgIpc) is 2.38. The second-order valence-electron chi connectivity index (χ2n) is 3.75. The smallest absolute Gasteiger partial charge is 0.392 e. The second kappa shape index (κ2) is 4.78. The van der Waals surface area contributed by atoms with Crippen LogP contribution in [0.25, 0.3) is 11.3 Å². The topological polar surface area (TPSA) is 33.1 Å². The molecule has 1 N–H and O–H groups in total. The van der Waals surface area contributed by atoms with Crippen LogP contribution in [0.3, 0.4) is 0 Å². The van der Waals surface area contributed by atoms with Gasteiger partial charge >= 0.3 is 6.18 Å². The molecule has 0 spiro atoms. The van der Waals surface area contributed by atoms with Crippen molar-refractivity contribution in [1.29, 1.82) is 0 Å². The molecule has 0 amide bonds. The highest BCUT2D eigenvalue weighted by Crippen LogP contribution is 2.30. The summed E-state index contributed by atoms with van der Waals surface area (Å²) >= 11 is 0.